The standard InChI is InChI=1S/C35H23N3/c1-3-12-24(13-4-1)28-22-27-17-8-10-20-30(27)32(23-28)35-37-33(26-15-5-2-6-16-26)36-34(38-35)31-21-11-18-25-14-7-9-19-29(25)31/h1-23H. The van der Waals surface area contributed by atoms with E-state index in [1.165, 1.54) is 0 Å². The van der Waals surface area contributed by atoms with Gasteiger partial charge in [-0.05, 0) is 44.8 Å². The van der Waals surface area contributed by atoms with Crippen molar-refractivity contribution in [2.24, 2.45) is 0 Å². The molecule has 1 heterocycles. The number of fused-ring (bicyclic) bond motifs is 2. The van der Waals surface area contributed by atoms with Crippen LogP contribution in [0.25, 0.3) is 66.8 Å². The van der Waals surface area contributed by atoms with E-state index in [1.807, 2.05) is 36.4 Å². The number of benzene rings is 6. The highest BCUT2D eigenvalue weighted by Gasteiger charge is 2.16. The summed E-state index contributed by atoms with van der Waals surface area (Å²) in [7, 11) is 0. The second kappa shape index (κ2) is 9.38. The second-order valence-electron chi connectivity index (χ2n) is 9.31. The minimum absolute atomic E-state index is 0.660. The minimum atomic E-state index is 0.660. The predicted molar refractivity (Wildman–Crippen MR) is 157 cm³/mol. The highest BCUT2D eigenvalue weighted by Crippen LogP contribution is 2.35. The van der Waals surface area contributed by atoms with Crippen LogP contribution in [0.4, 0.5) is 0 Å². The number of hydrogen-bond donors (Lipinski definition) is 0. The Hall–Kier alpha value is -5.15. The third kappa shape index (κ3) is 4.00. The number of nitrogens with zero attached hydrogens (tertiary/aromatic N) is 3. The summed E-state index contributed by atoms with van der Waals surface area (Å²) < 4.78 is 0. The van der Waals surface area contributed by atoms with E-state index >= 15 is 0 Å². The van der Waals surface area contributed by atoms with Crippen molar-refractivity contribution >= 4 is 21.5 Å². The smallest absolute Gasteiger partial charge is 0.164 e. The first kappa shape index (κ1) is 22.1. The normalized spacial score (nSPS) is 11.2. The Labute approximate surface area is 221 Å². The van der Waals surface area contributed by atoms with Crippen LogP contribution in [0, 0.1) is 0 Å². The first-order chi connectivity index (χ1) is 18.8. The summed E-state index contributed by atoms with van der Waals surface area (Å²) in [4.78, 5) is 15.1. The van der Waals surface area contributed by atoms with Crippen LogP contribution >= 0.6 is 0 Å². The molecule has 0 N–H and O–H groups in total. The largest absolute Gasteiger partial charge is 0.208 e. The molecule has 0 amide bonds. The van der Waals surface area contributed by atoms with Crippen molar-refractivity contribution < 1.29 is 0 Å². The van der Waals surface area contributed by atoms with Gasteiger partial charge in [-0.15, -0.1) is 0 Å². The molecule has 7 aromatic rings. The number of aromatic nitrogens is 3. The van der Waals surface area contributed by atoms with Crippen LogP contribution in [-0.2, 0) is 0 Å². The van der Waals surface area contributed by atoms with Gasteiger partial charge in [0.1, 0.15) is 0 Å². The van der Waals surface area contributed by atoms with E-state index in [0.717, 1.165) is 49.4 Å². The summed E-state index contributed by atoms with van der Waals surface area (Å²) in [6.45, 7) is 0. The van der Waals surface area contributed by atoms with Gasteiger partial charge < -0.3 is 0 Å². The Bertz CT molecular complexity index is 1910. The van der Waals surface area contributed by atoms with Gasteiger partial charge in [0.25, 0.3) is 0 Å². The lowest BCUT2D eigenvalue weighted by Gasteiger charge is -2.13. The van der Waals surface area contributed by atoms with Gasteiger partial charge in [-0.1, -0.05) is 127 Å². The van der Waals surface area contributed by atoms with Crippen molar-refractivity contribution in [1.29, 1.82) is 0 Å². The molecular weight excluding hydrogens is 462 g/mol. The Morgan fingerprint density at radius 1 is 0.316 bits per heavy atom. The maximum Gasteiger partial charge on any atom is 0.164 e. The molecule has 0 fully saturated rings. The maximum atomic E-state index is 5.11. The summed E-state index contributed by atoms with van der Waals surface area (Å²) in [5.41, 5.74) is 5.23. The molecule has 0 saturated carbocycles. The van der Waals surface area contributed by atoms with E-state index in [1.54, 1.807) is 0 Å². The molecule has 0 bridgehead atoms. The lowest BCUT2D eigenvalue weighted by molar-refractivity contribution is 1.08. The monoisotopic (exact) mass is 485 g/mol. The van der Waals surface area contributed by atoms with Crippen LogP contribution in [0.3, 0.4) is 0 Å². The minimum Gasteiger partial charge on any atom is -0.208 e. The molecule has 0 spiro atoms. The van der Waals surface area contributed by atoms with Gasteiger partial charge in [0, 0.05) is 16.7 Å². The van der Waals surface area contributed by atoms with E-state index in [0.29, 0.717) is 17.5 Å². The van der Waals surface area contributed by atoms with Crippen molar-refractivity contribution in [2.75, 3.05) is 0 Å². The van der Waals surface area contributed by atoms with E-state index in [4.69, 9.17) is 15.0 Å². The van der Waals surface area contributed by atoms with Crippen molar-refractivity contribution in [3.8, 4) is 45.3 Å². The summed E-state index contributed by atoms with van der Waals surface area (Å²) >= 11 is 0. The predicted octanol–water partition coefficient (Wildman–Crippen LogP) is 8.85. The van der Waals surface area contributed by atoms with Gasteiger partial charge in [0.2, 0.25) is 0 Å². The first-order valence-corrected chi connectivity index (χ1v) is 12.7. The average Bonchev–Trinajstić information content (AvgIpc) is 3.01. The van der Waals surface area contributed by atoms with Crippen LogP contribution in [-0.4, -0.2) is 15.0 Å². The van der Waals surface area contributed by atoms with Gasteiger partial charge in [-0.3, -0.25) is 0 Å². The molecule has 7 rings (SSSR count). The zero-order valence-corrected chi connectivity index (χ0v) is 20.6. The van der Waals surface area contributed by atoms with Crippen LogP contribution in [0.15, 0.2) is 140 Å². The summed E-state index contributed by atoms with van der Waals surface area (Å²) in [5, 5.41) is 4.54. The van der Waals surface area contributed by atoms with Gasteiger partial charge >= 0.3 is 0 Å². The molecule has 0 radical (unpaired) electrons. The lowest BCUT2D eigenvalue weighted by Crippen LogP contribution is -2.01. The molecule has 0 aliphatic heterocycles. The molecule has 0 aliphatic carbocycles. The molecule has 0 unspecified atom stereocenters. The fourth-order valence-corrected chi connectivity index (χ4v) is 5.05. The second-order valence-corrected chi connectivity index (χ2v) is 9.31. The summed E-state index contributed by atoms with van der Waals surface area (Å²) in [6, 6.07) is 48.1. The molecule has 3 heteroatoms. The van der Waals surface area contributed by atoms with Crippen molar-refractivity contribution in [3.63, 3.8) is 0 Å². The highest BCUT2D eigenvalue weighted by molar-refractivity contribution is 6.00. The average molecular weight is 486 g/mol. The summed E-state index contributed by atoms with van der Waals surface area (Å²) in [6.07, 6.45) is 0. The van der Waals surface area contributed by atoms with Crippen LogP contribution < -0.4 is 0 Å². The van der Waals surface area contributed by atoms with Crippen molar-refractivity contribution in [2.45, 2.75) is 0 Å². The van der Waals surface area contributed by atoms with E-state index < -0.39 is 0 Å². The molecule has 0 aliphatic rings. The van der Waals surface area contributed by atoms with E-state index in [9.17, 15) is 0 Å². The van der Waals surface area contributed by atoms with E-state index in [-0.39, 0.29) is 0 Å². The Balaban J connectivity index is 1.53. The van der Waals surface area contributed by atoms with Gasteiger partial charge in [-0.25, -0.2) is 15.0 Å². The van der Waals surface area contributed by atoms with E-state index in [2.05, 4.69) is 103 Å². The number of rotatable bonds is 4. The van der Waals surface area contributed by atoms with Gasteiger partial charge in [0.05, 0.1) is 0 Å². The van der Waals surface area contributed by atoms with Crippen LogP contribution in [0.1, 0.15) is 0 Å². The molecule has 1 aromatic heterocycles. The molecule has 6 aromatic carbocycles. The molecule has 38 heavy (non-hydrogen) atoms. The molecule has 3 nitrogen and oxygen atoms in total. The molecule has 0 atom stereocenters. The third-order valence-corrected chi connectivity index (χ3v) is 6.91. The molecule has 0 saturated heterocycles. The van der Waals surface area contributed by atoms with Crippen LogP contribution in [0.5, 0.6) is 0 Å². The van der Waals surface area contributed by atoms with Crippen molar-refractivity contribution in [1.82, 2.24) is 15.0 Å². The molecule has 178 valence electrons. The Kier molecular flexibility index (Phi) is 5.45. The van der Waals surface area contributed by atoms with Crippen LogP contribution in [0.2, 0.25) is 0 Å². The fraction of sp³-hybridized carbons (Fsp3) is 0. The number of hydrogen-bond acceptors (Lipinski definition) is 3. The quantitative estimate of drug-likeness (QED) is 0.250. The van der Waals surface area contributed by atoms with Gasteiger partial charge in [-0.2, -0.15) is 0 Å². The lowest BCUT2D eigenvalue weighted by atomic mass is 9.96. The van der Waals surface area contributed by atoms with Gasteiger partial charge in [0.15, 0.2) is 17.5 Å². The third-order valence-electron chi connectivity index (χ3n) is 6.91. The first-order valence-electron chi connectivity index (χ1n) is 12.7. The summed E-state index contributed by atoms with van der Waals surface area (Å²) in [5.74, 6) is 1.99. The zero-order chi connectivity index (χ0) is 25.3. The Morgan fingerprint density at radius 2 is 0.842 bits per heavy atom. The fourth-order valence-electron chi connectivity index (χ4n) is 5.05. The SMILES string of the molecule is c1ccc(-c2cc(-c3nc(-c4ccccc4)nc(-c4cccc5ccccc45)n3)c3ccccc3c2)cc1. The molecular formula is C35H23N3. The zero-order valence-electron chi connectivity index (χ0n) is 20.6. The topological polar surface area (TPSA) is 38.7 Å². The maximum absolute atomic E-state index is 5.11. The Morgan fingerprint density at radius 3 is 1.58 bits per heavy atom. The highest BCUT2D eigenvalue weighted by atomic mass is 15.0. The van der Waals surface area contributed by atoms with Crippen molar-refractivity contribution in [3.05, 3.63) is 140 Å².